The Morgan fingerprint density at radius 2 is 1.81 bits per heavy atom. The summed E-state index contributed by atoms with van der Waals surface area (Å²) in [5.74, 6) is 1.46. The van der Waals surface area contributed by atoms with Crippen molar-refractivity contribution in [2.24, 2.45) is 11.3 Å². The second-order valence-corrected chi connectivity index (χ2v) is 5.98. The van der Waals surface area contributed by atoms with Gasteiger partial charge in [-0.25, -0.2) is 0 Å². The highest BCUT2D eigenvalue weighted by Gasteiger charge is 2.34. The average Bonchev–Trinajstić information content (AvgIpc) is 2.29. The largest absolute Gasteiger partial charge is 0.316 e. The first-order chi connectivity index (χ1) is 7.59. The molecule has 0 aliphatic carbocycles. The molecule has 0 radical (unpaired) electrons. The molecule has 2 unspecified atom stereocenters. The van der Waals surface area contributed by atoms with E-state index in [0.29, 0.717) is 11.3 Å². The smallest absolute Gasteiger partial charge is 0.00230 e. The summed E-state index contributed by atoms with van der Waals surface area (Å²) in [6.07, 6.45) is 1.29. The Hall–Kier alpha value is -0.820. The SMILES string of the molecule is CC(C)(C)C1CCNCC1c1ccccc1. The minimum Gasteiger partial charge on any atom is -0.316 e. The molecule has 1 aliphatic rings. The topological polar surface area (TPSA) is 12.0 Å². The van der Waals surface area contributed by atoms with E-state index >= 15 is 0 Å². The predicted molar refractivity (Wildman–Crippen MR) is 69.6 cm³/mol. The fourth-order valence-corrected chi connectivity index (χ4v) is 2.95. The number of hydrogen-bond acceptors (Lipinski definition) is 1. The summed E-state index contributed by atoms with van der Waals surface area (Å²) in [4.78, 5) is 0. The van der Waals surface area contributed by atoms with Crippen LogP contribution in [-0.2, 0) is 0 Å². The lowest BCUT2D eigenvalue weighted by molar-refractivity contribution is 0.160. The number of nitrogens with one attached hydrogen (secondary N) is 1. The van der Waals surface area contributed by atoms with Crippen LogP contribution in [0.4, 0.5) is 0 Å². The lowest BCUT2D eigenvalue weighted by Gasteiger charge is -2.41. The van der Waals surface area contributed by atoms with Crippen LogP contribution in [0.25, 0.3) is 0 Å². The van der Waals surface area contributed by atoms with E-state index in [1.165, 1.54) is 18.5 Å². The molecule has 88 valence electrons. The minimum absolute atomic E-state index is 0.405. The van der Waals surface area contributed by atoms with Gasteiger partial charge in [0, 0.05) is 6.54 Å². The molecule has 1 heterocycles. The van der Waals surface area contributed by atoms with Gasteiger partial charge in [-0.15, -0.1) is 0 Å². The van der Waals surface area contributed by atoms with Crippen molar-refractivity contribution in [3.63, 3.8) is 0 Å². The van der Waals surface area contributed by atoms with Gasteiger partial charge in [0.1, 0.15) is 0 Å². The van der Waals surface area contributed by atoms with E-state index in [0.717, 1.165) is 12.5 Å². The summed E-state index contributed by atoms with van der Waals surface area (Å²) in [6, 6.07) is 11.0. The van der Waals surface area contributed by atoms with Crippen molar-refractivity contribution >= 4 is 0 Å². The maximum Gasteiger partial charge on any atom is 0.00230 e. The molecule has 0 aromatic heterocycles. The number of rotatable bonds is 1. The molecule has 0 bridgehead atoms. The summed E-state index contributed by atoms with van der Waals surface area (Å²) in [6.45, 7) is 9.42. The predicted octanol–water partition coefficient (Wildman–Crippen LogP) is 3.43. The molecule has 0 spiro atoms. The Morgan fingerprint density at radius 3 is 2.44 bits per heavy atom. The van der Waals surface area contributed by atoms with Crippen LogP contribution in [0, 0.1) is 11.3 Å². The molecule has 1 aromatic rings. The number of piperidine rings is 1. The van der Waals surface area contributed by atoms with Gasteiger partial charge in [0.2, 0.25) is 0 Å². The van der Waals surface area contributed by atoms with Crippen LogP contribution in [0.2, 0.25) is 0 Å². The Bertz CT molecular complexity index is 323. The zero-order chi connectivity index (χ0) is 11.6. The monoisotopic (exact) mass is 217 g/mol. The van der Waals surface area contributed by atoms with Crippen LogP contribution < -0.4 is 5.32 Å². The summed E-state index contributed by atoms with van der Waals surface area (Å²) in [5.41, 5.74) is 1.90. The molecule has 1 aromatic carbocycles. The van der Waals surface area contributed by atoms with Gasteiger partial charge < -0.3 is 5.32 Å². The molecule has 1 nitrogen and oxygen atoms in total. The second-order valence-electron chi connectivity index (χ2n) is 5.98. The molecule has 1 heteroatoms. The second kappa shape index (κ2) is 4.58. The number of hydrogen-bond donors (Lipinski definition) is 1. The fourth-order valence-electron chi connectivity index (χ4n) is 2.95. The molecule has 2 atom stereocenters. The number of benzene rings is 1. The molecule has 1 N–H and O–H groups in total. The van der Waals surface area contributed by atoms with Crippen LogP contribution >= 0.6 is 0 Å². The van der Waals surface area contributed by atoms with E-state index in [4.69, 9.17) is 0 Å². The first-order valence-corrected chi connectivity index (χ1v) is 6.34. The summed E-state index contributed by atoms with van der Waals surface area (Å²) < 4.78 is 0. The van der Waals surface area contributed by atoms with Gasteiger partial charge in [0.05, 0.1) is 0 Å². The normalized spacial score (nSPS) is 26.7. The molecule has 1 aliphatic heterocycles. The minimum atomic E-state index is 0.405. The van der Waals surface area contributed by atoms with Crippen molar-refractivity contribution in [2.45, 2.75) is 33.1 Å². The molecule has 16 heavy (non-hydrogen) atoms. The maximum atomic E-state index is 3.54. The zero-order valence-electron chi connectivity index (χ0n) is 10.7. The van der Waals surface area contributed by atoms with Gasteiger partial charge in [-0.2, -0.15) is 0 Å². The van der Waals surface area contributed by atoms with Crippen molar-refractivity contribution in [3.05, 3.63) is 35.9 Å². The molecule has 1 fully saturated rings. The zero-order valence-corrected chi connectivity index (χ0v) is 10.7. The lowest BCUT2D eigenvalue weighted by Crippen LogP contribution is -2.40. The van der Waals surface area contributed by atoms with E-state index in [2.05, 4.69) is 56.4 Å². The summed E-state index contributed by atoms with van der Waals surface area (Å²) in [7, 11) is 0. The average molecular weight is 217 g/mol. The van der Waals surface area contributed by atoms with Crippen molar-refractivity contribution in [2.75, 3.05) is 13.1 Å². The highest BCUT2D eigenvalue weighted by Crippen LogP contribution is 2.41. The van der Waals surface area contributed by atoms with Crippen molar-refractivity contribution in [1.82, 2.24) is 5.32 Å². The Morgan fingerprint density at radius 1 is 1.12 bits per heavy atom. The van der Waals surface area contributed by atoms with Gasteiger partial charge in [-0.1, -0.05) is 51.1 Å². The third-order valence-corrected chi connectivity index (χ3v) is 3.82. The van der Waals surface area contributed by atoms with Crippen molar-refractivity contribution in [3.8, 4) is 0 Å². The van der Waals surface area contributed by atoms with E-state index in [1.54, 1.807) is 0 Å². The van der Waals surface area contributed by atoms with Gasteiger partial charge >= 0.3 is 0 Å². The molecular formula is C15H23N. The van der Waals surface area contributed by atoms with Crippen LogP contribution in [0.5, 0.6) is 0 Å². The van der Waals surface area contributed by atoms with Crippen LogP contribution in [0.1, 0.15) is 38.7 Å². The Labute approximate surface area is 99.3 Å². The van der Waals surface area contributed by atoms with E-state index in [1.807, 2.05) is 0 Å². The molecule has 0 saturated carbocycles. The standard InChI is InChI=1S/C15H23N/c1-15(2,3)14-9-10-16-11-13(14)12-7-5-4-6-8-12/h4-8,13-14,16H,9-11H2,1-3H3. The Balaban J connectivity index is 2.24. The first-order valence-electron chi connectivity index (χ1n) is 6.34. The van der Waals surface area contributed by atoms with E-state index in [-0.39, 0.29) is 0 Å². The van der Waals surface area contributed by atoms with Crippen LogP contribution in [-0.4, -0.2) is 13.1 Å². The third-order valence-electron chi connectivity index (χ3n) is 3.82. The van der Waals surface area contributed by atoms with Crippen molar-refractivity contribution in [1.29, 1.82) is 0 Å². The molecular weight excluding hydrogens is 194 g/mol. The maximum absolute atomic E-state index is 3.54. The van der Waals surface area contributed by atoms with Crippen LogP contribution in [0.15, 0.2) is 30.3 Å². The molecule has 1 saturated heterocycles. The fraction of sp³-hybridized carbons (Fsp3) is 0.600. The van der Waals surface area contributed by atoms with Gasteiger partial charge in [-0.05, 0) is 35.8 Å². The van der Waals surface area contributed by atoms with Gasteiger partial charge in [0.25, 0.3) is 0 Å². The van der Waals surface area contributed by atoms with E-state index in [9.17, 15) is 0 Å². The summed E-state index contributed by atoms with van der Waals surface area (Å²) in [5, 5.41) is 3.54. The molecule has 0 amide bonds. The highest BCUT2D eigenvalue weighted by molar-refractivity contribution is 5.22. The lowest BCUT2D eigenvalue weighted by atomic mass is 9.68. The highest BCUT2D eigenvalue weighted by atomic mass is 14.9. The van der Waals surface area contributed by atoms with Crippen molar-refractivity contribution < 1.29 is 0 Å². The van der Waals surface area contributed by atoms with Crippen LogP contribution in [0.3, 0.4) is 0 Å². The quantitative estimate of drug-likeness (QED) is 0.760. The summed E-state index contributed by atoms with van der Waals surface area (Å²) >= 11 is 0. The van der Waals surface area contributed by atoms with Gasteiger partial charge in [-0.3, -0.25) is 0 Å². The van der Waals surface area contributed by atoms with Gasteiger partial charge in [0.15, 0.2) is 0 Å². The third kappa shape index (κ3) is 2.46. The Kier molecular flexibility index (Phi) is 3.34. The van der Waals surface area contributed by atoms with E-state index < -0.39 is 0 Å². The molecule has 2 rings (SSSR count). The first kappa shape index (κ1) is 11.7.